The highest BCUT2D eigenvalue weighted by Gasteiger charge is 2.51. The van der Waals surface area contributed by atoms with E-state index in [1.165, 1.54) is 0 Å². The van der Waals surface area contributed by atoms with Crippen molar-refractivity contribution < 1.29 is 48.1 Å². The number of alkyl halides is 3. The van der Waals surface area contributed by atoms with E-state index in [4.69, 9.17) is 9.47 Å². The summed E-state index contributed by atoms with van der Waals surface area (Å²) < 4.78 is 93.1. The topological polar surface area (TPSA) is 123 Å². The Hall–Kier alpha value is -0.510. The predicted octanol–water partition coefficient (Wildman–Crippen LogP) is -1.63. The minimum Gasteiger partial charge on any atom is -0.618 e. The fourth-order valence-corrected chi connectivity index (χ4v) is 3.17. The first-order valence-corrected chi connectivity index (χ1v) is 9.42. The summed E-state index contributed by atoms with van der Waals surface area (Å²) in [6.45, 7) is -1.29. The van der Waals surface area contributed by atoms with E-state index in [1.54, 1.807) is 0 Å². The first kappa shape index (κ1) is 20.5. The number of halogens is 3. The number of nitrogens with one attached hydrogen (secondary N) is 1. The molecule has 1 aliphatic rings. The second kappa shape index (κ2) is 8.04. The molecule has 0 spiro atoms. The highest BCUT2D eigenvalue weighted by molar-refractivity contribution is 7.86. The number of rotatable bonds is 8. The third-order valence-corrected chi connectivity index (χ3v) is 5.42. The molecule has 0 saturated carbocycles. The van der Waals surface area contributed by atoms with Crippen molar-refractivity contribution in [2.45, 2.75) is 18.0 Å². The average molecular weight is 387 g/mol. The number of hydrogen-bond donors (Lipinski definition) is 1. The van der Waals surface area contributed by atoms with Crippen molar-refractivity contribution in [3.05, 3.63) is 5.21 Å². The molecule has 9 nitrogen and oxygen atoms in total. The van der Waals surface area contributed by atoms with Crippen LogP contribution in [0.25, 0.3) is 0 Å². The average Bonchev–Trinajstić information content (AvgIpc) is 2.45. The van der Waals surface area contributed by atoms with Crippen molar-refractivity contribution in [2.75, 3.05) is 38.7 Å². The van der Waals surface area contributed by atoms with Gasteiger partial charge in [-0.25, -0.2) is 0 Å². The third kappa shape index (κ3) is 6.48. The van der Waals surface area contributed by atoms with Crippen molar-refractivity contribution in [1.29, 1.82) is 0 Å². The molecule has 0 aromatic carbocycles. The Kier molecular flexibility index (Phi) is 7.18. The summed E-state index contributed by atoms with van der Waals surface area (Å²) in [6.07, 6.45) is -0.411. The second-order valence-electron chi connectivity index (χ2n) is 4.51. The molecular formula is C9H16F3NO8S2. The van der Waals surface area contributed by atoms with Crippen molar-refractivity contribution in [2.24, 2.45) is 0 Å². The van der Waals surface area contributed by atoms with E-state index in [1.807, 2.05) is 0 Å². The van der Waals surface area contributed by atoms with Crippen LogP contribution in [0.1, 0.15) is 6.42 Å². The van der Waals surface area contributed by atoms with Crippen LogP contribution < -0.4 is 4.47 Å². The van der Waals surface area contributed by atoms with Crippen LogP contribution >= 0.6 is 0 Å². The van der Waals surface area contributed by atoms with E-state index in [-0.39, 0.29) is 13.0 Å². The molecule has 23 heavy (non-hydrogen) atoms. The van der Waals surface area contributed by atoms with Gasteiger partial charge in [0, 0.05) is 0 Å². The fraction of sp³-hybridized carbons (Fsp3) is 1.00. The van der Waals surface area contributed by atoms with Crippen LogP contribution in [0.3, 0.4) is 0 Å². The van der Waals surface area contributed by atoms with Crippen molar-refractivity contribution >= 4 is 20.1 Å². The molecule has 0 radical (unpaired) electrons. The Balaban J connectivity index is 2.38. The molecular weight excluding hydrogens is 371 g/mol. The molecule has 1 rings (SSSR count). The van der Waals surface area contributed by atoms with Crippen LogP contribution in [0.5, 0.6) is 0 Å². The lowest BCUT2D eigenvalue weighted by Crippen LogP contribution is -3.11. The fourth-order valence-electron chi connectivity index (χ4n) is 1.55. The molecule has 0 aromatic heterocycles. The van der Waals surface area contributed by atoms with Crippen LogP contribution in [-0.2, 0) is 33.8 Å². The zero-order chi connectivity index (χ0) is 17.7. The minimum atomic E-state index is -5.97. The standard InChI is InChI=1S/C9H16F3NO8S2/c10-9(11,12)23(17,18)13(14)2-3-21-22(15,16)6-1-8-7-19-4-5-20-8/h8,13H,1-7H2. The van der Waals surface area contributed by atoms with Crippen molar-refractivity contribution in [1.82, 2.24) is 0 Å². The lowest BCUT2D eigenvalue weighted by molar-refractivity contribution is -0.712. The molecule has 1 aliphatic heterocycles. The van der Waals surface area contributed by atoms with E-state index in [2.05, 4.69) is 4.18 Å². The van der Waals surface area contributed by atoms with Crippen LogP contribution in [0.2, 0.25) is 0 Å². The van der Waals surface area contributed by atoms with Gasteiger partial charge in [-0.15, -0.1) is 0 Å². The minimum absolute atomic E-state index is 0.0388. The Morgan fingerprint density at radius 1 is 1.22 bits per heavy atom. The molecule has 1 fully saturated rings. The molecule has 0 amide bonds. The highest BCUT2D eigenvalue weighted by atomic mass is 32.2. The predicted molar refractivity (Wildman–Crippen MR) is 69.1 cm³/mol. The Morgan fingerprint density at radius 3 is 2.39 bits per heavy atom. The van der Waals surface area contributed by atoms with Gasteiger partial charge in [0.2, 0.25) is 0 Å². The van der Waals surface area contributed by atoms with Crippen molar-refractivity contribution in [3.8, 4) is 0 Å². The van der Waals surface area contributed by atoms with E-state index in [0.717, 1.165) is 0 Å². The van der Waals surface area contributed by atoms with Gasteiger partial charge >= 0.3 is 15.5 Å². The second-order valence-corrected chi connectivity index (χ2v) is 8.20. The molecule has 14 heteroatoms. The van der Waals surface area contributed by atoms with Gasteiger partial charge in [0.15, 0.2) is 0 Å². The summed E-state index contributed by atoms with van der Waals surface area (Å²) in [5.74, 6) is -0.499. The van der Waals surface area contributed by atoms with E-state index >= 15 is 0 Å². The SMILES string of the molecule is O=S(=O)(CCC1COCCO1)OCC[NH+]([O-])S(=O)(=O)C(F)(F)F. The van der Waals surface area contributed by atoms with Gasteiger partial charge in [-0.2, -0.15) is 30.0 Å². The molecule has 2 unspecified atom stereocenters. The lowest BCUT2D eigenvalue weighted by atomic mass is 10.3. The number of quaternary nitrogens is 1. The molecule has 0 bridgehead atoms. The van der Waals surface area contributed by atoms with Gasteiger partial charge in [-0.3, -0.25) is 8.65 Å². The molecule has 1 N–H and O–H groups in total. The van der Waals surface area contributed by atoms with Gasteiger partial charge < -0.3 is 14.7 Å². The molecule has 0 aromatic rings. The Bertz CT molecular complexity index is 570. The monoisotopic (exact) mass is 387 g/mol. The maximum absolute atomic E-state index is 12.1. The van der Waals surface area contributed by atoms with Crippen LogP contribution in [0.4, 0.5) is 13.2 Å². The summed E-state index contributed by atoms with van der Waals surface area (Å²) in [5.41, 5.74) is -5.72. The summed E-state index contributed by atoms with van der Waals surface area (Å²) >= 11 is 0. The third-order valence-electron chi connectivity index (χ3n) is 2.75. The maximum atomic E-state index is 12.1. The smallest absolute Gasteiger partial charge is 0.549 e. The number of hydroxylamine groups is 1. The van der Waals surface area contributed by atoms with E-state index in [0.29, 0.717) is 13.2 Å². The summed E-state index contributed by atoms with van der Waals surface area (Å²) in [7, 11) is -10.1. The Labute approximate surface area is 131 Å². The van der Waals surface area contributed by atoms with Crippen molar-refractivity contribution in [3.63, 3.8) is 0 Å². The summed E-state index contributed by atoms with van der Waals surface area (Å²) in [4.78, 5) is 0. The van der Waals surface area contributed by atoms with Gasteiger partial charge in [0.05, 0.1) is 31.7 Å². The molecule has 1 saturated heterocycles. The van der Waals surface area contributed by atoms with Gasteiger partial charge in [0.25, 0.3) is 10.1 Å². The van der Waals surface area contributed by atoms with Gasteiger partial charge in [-0.05, 0) is 6.42 Å². The summed E-state index contributed by atoms with van der Waals surface area (Å²) in [6, 6.07) is 0. The van der Waals surface area contributed by atoms with Crippen LogP contribution in [-0.4, -0.2) is 67.2 Å². The zero-order valence-corrected chi connectivity index (χ0v) is 13.4. The zero-order valence-electron chi connectivity index (χ0n) is 11.7. The largest absolute Gasteiger partial charge is 0.618 e. The van der Waals surface area contributed by atoms with Crippen LogP contribution in [0.15, 0.2) is 0 Å². The number of hydrogen-bond acceptors (Lipinski definition) is 8. The van der Waals surface area contributed by atoms with E-state index < -0.39 is 55.1 Å². The highest BCUT2D eigenvalue weighted by Crippen LogP contribution is 2.19. The maximum Gasteiger partial charge on any atom is 0.549 e. The number of sulfonamides is 1. The molecule has 1 heterocycles. The normalized spacial score (nSPS) is 22.0. The first-order valence-electron chi connectivity index (χ1n) is 6.36. The molecule has 0 aliphatic carbocycles. The lowest BCUT2D eigenvalue weighted by Gasteiger charge is -2.23. The summed E-state index contributed by atoms with van der Waals surface area (Å²) in [5, 5.41) is 11.0. The number of ether oxygens (including phenoxy) is 2. The van der Waals surface area contributed by atoms with Crippen LogP contribution in [0, 0.1) is 5.21 Å². The first-order chi connectivity index (χ1) is 10.5. The quantitative estimate of drug-likeness (QED) is 0.389. The van der Waals surface area contributed by atoms with E-state index in [9.17, 15) is 35.2 Å². The molecule has 2 atom stereocenters. The van der Waals surface area contributed by atoms with Gasteiger partial charge in [-0.1, -0.05) is 0 Å². The Morgan fingerprint density at radius 2 is 1.87 bits per heavy atom. The van der Waals surface area contributed by atoms with Gasteiger partial charge in [0.1, 0.15) is 13.2 Å². The molecule has 138 valence electrons.